The highest BCUT2D eigenvalue weighted by Crippen LogP contribution is 2.07. The lowest BCUT2D eigenvalue weighted by Gasteiger charge is -2.19. The fourth-order valence-electron chi connectivity index (χ4n) is 1.47. The van der Waals surface area contributed by atoms with Crippen LogP contribution in [-0.4, -0.2) is 30.8 Å². The SMILES string of the molecule is Cc1cccc(C(=O)OCCNC(=O)OC(C)(C)C)c1. The highest BCUT2D eigenvalue weighted by atomic mass is 16.6. The molecule has 0 saturated carbocycles. The Labute approximate surface area is 119 Å². The molecule has 1 aromatic rings. The fourth-order valence-corrected chi connectivity index (χ4v) is 1.47. The first kappa shape index (κ1) is 16.0. The number of hydrogen-bond donors (Lipinski definition) is 1. The third-order valence-electron chi connectivity index (χ3n) is 2.26. The zero-order valence-electron chi connectivity index (χ0n) is 12.4. The number of carbonyl (C=O) groups excluding carboxylic acids is 2. The minimum atomic E-state index is -0.539. The first-order chi connectivity index (χ1) is 9.28. The second kappa shape index (κ2) is 6.93. The predicted octanol–water partition coefficient (Wildman–Crippen LogP) is 2.68. The van der Waals surface area contributed by atoms with Crippen molar-refractivity contribution in [2.45, 2.75) is 33.3 Å². The summed E-state index contributed by atoms with van der Waals surface area (Å²) in [6, 6.07) is 7.14. The lowest BCUT2D eigenvalue weighted by molar-refractivity contribution is 0.0433. The molecular weight excluding hydrogens is 258 g/mol. The standard InChI is InChI=1S/C15H21NO4/c1-11-6-5-7-12(10-11)13(17)19-9-8-16-14(18)20-15(2,3)4/h5-7,10H,8-9H2,1-4H3,(H,16,18). The first-order valence-electron chi connectivity index (χ1n) is 6.48. The van der Waals surface area contributed by atoms with E-state index in [0.29, 0.717) is 5.56 Å². The number of rotatable bonds is 4. The Bertz CT molecular complexity index is 477. The van der Waals surface area contributed by atoms with Gasteiger partial charge in [-0.05, 0) is 39.8 Å². The lowest BCUT2D eigenvalue weighted by atomic mass is 10.1. The van der Waals surface area contributed by atoms with Crippen LogP contribution in [0.3, 0.4) is 0 Å². The molecule has 0 spiro atoms. The Kier molecular flexibility index (Phi) is 5.55. The summed E-state index contributed by atoms with van der Waals surface area (Å²) < 4.78 is 10.1. The molecule has 5 nitrogen and oxygen atoms in total. The van der Waals surface area contributed by atoms with E-state index in [0.717, 1.165) is 5.56 Å². The number of esters is 1. The molecule has 0 fully saturated rings. The Morgan fingerprint density at radius 2 is 1.95 bits per heavy atom. The average Bonchev–Trinajstić information content (AvgIpc) is 2.32. The minimum Gasteiger partial charge on any atom is -0.460 e. The van der Waals surface area contributed by atoms with Gasteiger partial charge in [-0.25, -0.2) is 9.59 Å². The number of alkyl carbamates (subject to hydrolysis) is 1. The summed E-state index contributed by atoms with van der Waals surface area (Å²) in [5.74, 6) is -0.403. The quantitative estimate of drug-likeness (QED) is 0.680. The van der Waals surface area contributed by atoms with E-state index in [4.69, 9.17) is 9.47 Å². The van der Waals surface area contributed by atoms with Crippen LogP contribution in [0.4, 0.5) is 4.79 Å². The molecule has 110 valence electrons. The summed E-state index contributed by atoms with van der Waals surface area (Å²) >= 11 is 0. The van der Waals surface area contributed by atoms with Gasteiger partial charge in [0, 0.05) is 0 Å². The van der Waals surface area contributed by atoms with Crippen LogP contribution in [0, 0.1) is 6.92 Å². The zero-order valence-corrected chi connectivity index (χ0v) is 12.4. The molecule has 0 aliphatic carbocycles. The second-order valence-electron chi connectivity index (χ2n) is 5.43. The van der Waals surface area contributed by atoms with Crippen molar-refractivity contribution in [3.8, 4) is 0 Å². The molecule has 1 aromatic carbocycles. The van der Waals surface area contributed by atoms with Gasteiger partial charge in [-0.1, -0.05) is 17.7 Å². The van der Waals surface area contributed by atoms with Crippen LogP contribution in [0.15, 0.2) is 24.3 Å². The first-order valence-corrected chi connectivity index (χ1v) is 6.48. The number of benzene rings is 1. The summed E-state index contributed by atoms with van der Waals surface area (Å²) in [5, 5.41) is 2.52. The summed E-state index contributed by atoms with van der Waals surface area (Å²) in [4.78, 5) is 23.0. The number of ether oxygens (including phenoxy) is 2. The summed E-state index contributed by atoms with van der Waals surface area (Å²) in [5.41, 5.74) is 0.955. The maximum absolute atomic E-state index is 11.7. The van der Waals surface area contributed by atoms with E-state index >= 15 is 0 Å². The molecule has 0 aliphatic rings. The highest BCUT2D eigenvalue weighted by molar-refractivity contribution is 5.89. The molecule has 1 amide bonds. The van der Waals surface area contributed by atoms with Crippen molar-refractivity contribution >= 4 is 12.1 Å². The molecule has 0 aromatic heterocycles. The van der Waals surface area contributed by atoms with Crippen LogP contribution >= 0.6 is 0 Å². The van der Waals surface area contributed by atoms with Gasteiger partial charge in [0.2, 0.25) is 0 Å². The van der Waals surface area contributed by atoms with Gasteiger partial charge in [0.1, 0.15) is 12.2 Å². The average molecular weight is 279 g/mol. The Morgan fingerprint density at radius 3 is 2.55 bits per heavy atom. The van der Waals surface area contributed by atoms with Crippen molar-refractivity contribution in [2.24, 2.45) is 0 Å². The minimum absolute atomic E-state index is 0.103. The third kappa shape index (κ3) is 6.22. The van der Waals surface area contributed by atoms with Gasteiger partial charge in [0.25, 0.3) is 0 Å². The van der Waals surface area contributed by atoms with Gasteiger partial charge in [-0.3, -0.25) is 0 Å². The zero-order chi connectivity index (χ0) is 15.2. The van der Waals surface area contributed by atoms with E-state index in [-0.39, 0.29) is 13.2 Å². The van der Waals surface area contributed by atoms with Gasteiger partial charge < -0.3 is 14.8 Å². The molecule has 0 saturated heterocycles. The second-order valence-corrected chi connectivity index (χ2v) is 5.43. The molecule has 0 atom stereocenters. The normalized spacial score (nSPS) is 10.8. The molecule has 0 radical (unpaired) electrons. The molecule has 5 heteroatoms. The van der Waals surface area contributed by atoms with Crippen LogP contribution < -0.4 is 5.32 Å². The fraction of sp³-hybridized carbons (Fsp3) is 0.467. The van der Waals surface area contributed by atoms with Crippen molar-refractivity contribution < 1.29 is 19.1 Å². The van der Waals surface area contributed by atoms with Crippen molar-refractivity contribution in [1.82, 2.24) is 5.32 Å². The van der Waals surface area contributed by atoms with Crippen molar-refractivity contribution in [3.63, 3.8) is 0 Å². The van der Waals surface area contributed by atoms with E-state index < -0.39 is 17.7 Å². The van der Waals surface area contributed by atoms with E-state index in [2.05, 4.69) is 5.32 Å². The summed E-state index contributed by atoms with van der Waals surface area (Å²) in [7, 11) is 0. The maximum Gasteiger partial charge on any atom is 0.407 e. The predicted molar refractivity (Wildman–Crippen MR) is 75.7 cm³/mol. The van der Waals surface area contributed by atoms with Crippen LogP contribution in [0.1, 0.15) is 36.7 Å². The molecule has 0 aliphatic heterocycles. The van der Waals surface area contributed by atoms with Crippen LogP contribution in [0.25, 0.3) is 0 Å². The van der Waals surface area contributed by atoms with Gasteiger partial charge in [-0.15, -0.1) is 0 Å². The molecule has 0 unspecified atom stereocenters. The van der Waals surface area contributed by atoms with Crippen LogP contribution in [0.2, 0.25) is 0 Å². The molecule has 1 rings (SSSR count). The van der Waals surface area contributed by atoms with Gasteiger partial charge >= 0.3 is 12.1 Å². The lowest BCUT2D eigenvalue weighted by Crippen LogP contribution is -2.34. The van der Waals surface area contributed by atoms with Gasteiger partial charge in [-0.2, -0.15) is 0 Å². The van der Waals surface area contributed by atoms with Crippen molar-refractivity contribution in [1.29, 1.82) is 0 Å². The molecule has 1 N–H and O–H groups in total. The largest absolute Gasteiger partial charge is 0.460 e. The van der Waals surface area contributed by atoms with E-state index in [1.807, 2.05) is 13.0 Å². The smallest absolute Gasteiger partial charge is 0.407 e. The topological polar surface area (TPSA) is 64.6 Å². The molecular formula is C15H21NO4. The molecule has 0 heterocycles. The van der Waals surface area contributed by atoms with Crippen molar-refractivity contribution in [2.75, 3.05) is 13.2 Å². The maximum atomic E-state index is 11.7. The Hall–Kier alpha value is -2.04. The number of carbonyl (C=O) groups is 2. The number of aryl methyl sites for hydroxylation is 1. The number of nitrogens with one attached hydrogen (secondary N) is 1. The van der Waals surface area contributed by atoms with Crippen LogP contribution in [0.5, 0.6) is 0 Å². The molecule has 0 bridgehead atoms. The Morgan fingerprint density at radius 1 is 1.25 bits per heavy atom. The van der Waals surface area contributed by atoms with Crippen LogP contribution in [-0.2, 0) is 9.47 Å². The van der Waals surface area contributed by atoms with Crippen molar-refractivity contribution in [3.05, 3.63) is 35.4 Å². The summed E-state index contributed by atoms with van der Waals surface area (Å²) in [6.07, 6.45) is -0.524. The third-order valence-corrected chi connectivity index (χ3v) is 2.26. The number of hydrogen-bond acceptors (Lipinski definition) is 4. The number of amides is 1. The summed E-state index contributed by atoms with van der Waals surface area (Å²) in [6.45, 7) is 7.57. The highest BCUT2D eigenvalue weighted by Gasteiger charge is 2.15. The van der Waals surface area contributed by atoms with E-state index in [1.165, 1.54) is 0 Å². The monoisotopic (exact) mass is 279 g/mol. The van der Waals surface area contributed by atoms with E-state index in [9.17, 15) is 9.59 Å². The van der Waals surface area contributed by atoms with Gasteiger partial charge in [0.05, 0.1) is 12.1 Å². The van der Waals surface area contributed by atoms with Gasteiger partial charge in [0.15, 0.2) is 0 Å². The van der Waals surface area contributed by atoms with E-state index in [1.54, 1.807) is 39.0 Å². The molecule has 20 heavy (non-hydrogen) atoms. The Balaban J connectivity index is 2.28.